The topological polar surface area (TPSA) is 4.93 Å². The molecule has 8 heavy (non-hydrogen) atoms. The van der Waals surface area contributed by atoms with Gasteiger partial charge in [0.15, 0.2) is 0 Å². The van der Waals surface area contributed by atoms with E-state index in [-0.39, 0.29) is 0 Å². The first-order valence-corrected chi connectivity index (χ1v) is 2.78. The van der Waals surface area contributed by atoms with Crippen LogP contribution in [0.5, 0.6) is 0 Å². The van der Waals surface area contributed by atoms with E-state index in [1.807, 2.05) is 0 Å². The van der Waals surface area contributed by atoms with E-state index in [1.54, 1.807) is 0 Å². The molecule has 1 aromatic rings. The molecule has 0 fully saturated rings. The monoisotopic (exact) mass is 105 g/mol. The van der Waals surface area contributed by atoms with Crippen LogP contribution in [-0.4, -0.2) is 4.57 Å². The lowest BCUT2D eigenvalue weighted by atomic mass is 10.4. The Kier molecular flexibility index (Phi) is 0.618. The molecule has 0 radical (unpaired) electrons. The fourth-order valence-electron chi connectivity index (χ4n) is 1.03. The number of hydrogen-bond donors (Lipinski definition) is 0. The molecule has 0 atom stereocenters. The molecule has 0 aliphatic carbocycles. The Morgan fingerprint density at radius 1 is 1.50 bits per heavy atom. The second-order valence-electron chi connectivity index (χ2n) is 1.99. The van der Waals surface area contributed by atoms with Crippen LogP contribution >= 0.6 is 0 Å². The molecule has 2 rings (SSSR count). The van der Waals surface area contributed by atoms with Crippen molar-refractivity contribution in [1.82, 2.24) is 4.57 Å². The first-order valence-electron chi connectivity index (χ1n) is 2.78. The molecule has 2 heterocycles. The van der Waals surface area contributed by atoms with Gasteiger partial charge in [0.05, 0.1) is 0 Å². The molecule has 0 saturated carbocycles. The minimum Gasteiger partial charge on any atom is -0.344 e. The zero-order valence-corrected chi connectivity index (χ0v) is 4.54. The average molecular weight is 105 g/mol. The fourth-order valence-corrected chi connectivity index (χ4v) is 1.03. The maximum atomic E-state index is 2.21. The molecule has 0 bridgehead atoms. The van der Waals surface area contributed by atoms with Crippen LogP contribution in [0.2, 0.25) is 0 Å². The molecule has 1 heteroatoms. The smallest absolute Gasteiger partial charge is 0.0409 e. The van der Waals surface area contributed by atoms with Crippen molar-refractivity contribution in [2.45, 2.75) is 6.54 Å². The Labute approximate surface area is 48.2 Å². The normalized spacial score (nSPS) is 14.5. The zero-order chi connectivity index (χ0) is 5.40. The van der Waals surface area contributed by atoms with Crippen molar-refractivity contribution >= 4 is 6.08 Å². The summed E-state index contributed by atoms with van der Waals surface area (Å²) in [4.78, 5) is 0. The lowest BCUT2D eigenvalue weighted by Gasteiger charge is -1.90. The van der Waals surface area contributed by atoms with Gasteiger partial charge in [-0.25, -0.2) is 0 Å². The Bertz CT molecular complexity index is 220. The Balaban J connectivity index is 2.67. The van der Waals surface area contributed by atoms with Crippen LogP contribution < -0.4 is 0 Å². The van der Waals surface area contributed by atoms with Gasteiger partial charge in [-0.1, -0.05) is 6.08 Å². The van der Waals surface area contributed by atoms with Gasteiger partial charge in [-0.2, -0.15) is 0 Å². The van der Waals surface area contributed by atoms with Gasteiger partial charge in [0.2, 0.25) is 0 Å². The molecule has 0 amide bonds. The summed E-state index contributed by atoms with van der Waals surface area (Å²) in [6, 6.07) is 4.18. The van der Waals surface area contributed by atoms with Gasteiger partial charge in [-0.15, -0.1) is 0 Å². The molecule has 1 aliphatic heterocycles. The van der Waals surface area contributed by atoms with E-state index in [0.29, 0.717) is 0 Å². The standard InChI is InChI=1S/C7H7N/c1-3-7-4-2-6-8(7)5-1/h1-5H,6H2. The van der Waals surface area contributed by atoms with Crippen LogP contribution in [-0.2, 0) is 6.54 Å². The number of hydrogen-bond acceptors (Lipinski definition) is 0. The van der Waals surface area contributed by atoms with Crippen molar-refractivity contribution in [3.05, 3.63) is 30.1 Å². The van der Waals surface area contributed by atoms with E-state index < -0.39 is 0 Å². The summed E-state index contributed by atoms with van der Waals surface area (Å²) in [6.45, 7) is 1.06. The quantitative estimate of drug-likeness (QED) is 0.471. The lowest BCUT2D eigenvalue weighted by molar-refractivity contribution is 0.847. The molecule has 1 nitrogen and oxygen atoms in total. The van der Waals surface area contributed by atoms with Crippen molar-refractivity contribution in [3.8, 4) is 0 Å². The number of allylic oxidation sites excluding steroid dienone is 1. The third-order valence-electron chi connectivity index (χ3n) is 1.46. The molecular formula is C7H7N. The van der Waals surface area contributed by atoms with Crippen molar-refractivity contribution in [1.29, 1.82) is 0 Å². The molecule has 0 saturated heterocycles. The SMILES string of the molecule is C1=Cc2cccn2C1. The van der Waals surface area contributed by atoms with E-state index in [0.717, 1.165) is 6.54 Å². The van der Waals surface area contributed by atoms with Crippen molar-refractivity contribution < 1.29 is 0 Å². The van der Waals surface area contributed by atoms with Crippen molar-refractivity contribution in [3.63, 3.8) is 0 Å². The number of fused-ring (bicyclic) bond motifs is 1. The van der Waals surface area contributed by atoms with E-state index >= 15 is 0 Å². The van der Waals surface area contributed by atoms with E-state index in [9.17, 15) is 0 Å². The van der Waals surface area contributed by atoms with Gasteiger partial charge < -0.3 is 4.57 Å². The lowest BCUT2D eigenvalue weighted by Crippen LogP contribution is -1.86. The summed E-state index contributed by atoms with van der Waals surface area (Å²) in [7, 11) is 0. The molecule has 0 unspecified atom stereocenters. The predicted octanol–water partition coefficient (Wildman–Crippen LogP) is 1.51. The molecule has 0 N–H and O–H groups in total. The highest BCUT2D eigenvalue weighted by atomic mass is 15.0. The molecule has 40 valence electrons. The highest BCUT2D eigenvalue weighted by Gasteiger charge is 1.98. The number of rotatable bonds is 0. The van der Waals surface area contributed by atoms with Gasteiger partial charge in [-0.3, -0.25) is 0 Å². The summed E-state index contributed by atoms with van der Waals surface area (Å²) < 4.78 is 2.21. The highest BCUT2D eigenvalue weighted by Crippen LogP contribution is 2.10. The maximum Gasteiger partial charge on any atom is 0.0409 e. The average Bonchev–Trinajstić information content (AvgIpc) is 2.15. The Hall–Kier alpha value is -0.980. The minimum absolute atomic E-state index is 1.06. The first-order chi connectivity index (χ1) is 3.97. The molecule has 0 spiro atoms. The zero-order valence-electron chi connectivity index (χ0n) is 4.54. The summed E-state index contributed by atoms with van der Waals surface area (Å²) in [6.07, 6.45) is 6.39. The summed E-state index contributed by atoms with van der Waals surface area (Å²) in [5, 5.41) is 0. The Morgan fingerprint density at radius 2 is 2.50 bits per heavy atom. The predicted molar refractivity (Wildman–Crippen MR) is 33.5 cm³/mol. The van der Waals surface area contributed by atoms with Gasteiger partial charge in [0, 0.05) is 18.4 Å². The first kappa shape index (κ1) is 3.96. The maximum absolute atomic E-state index is 2.21. The molecule has 1 aromatic heterocycles. The van der Waals surface area contributed by atoms with Gasteiger partial charge in [0.1, 0.15) is 0 Å². The summed E-state index contributed by atoms with van der Waals surface area (Å²) in [5.74, 6) is 0. The second kappa shape index (κ2) is 1.25. The highest BCUT2D eigenvalue weighted by molar-refractivity contribution is 5.48. The Morgan fingerprint density at radius 3 is 3.38 bits per heavy atom. The third-order valence-corrected chi connectivity index (χ3v) is 1.46. The second-order valence-corrected chi connectivity index (χ2v) is 1.99. The van der Waals surface area contributed by atoms with Gasteiger partial charge in [-0.05, 0) is 18.2 Å². The number of aromatic nitrogens is 1. The van der Waals surface area contributed by atoms with E-state index in [1.165, 1.54) is 5.69 Å². The van der Waals surface area contributed by atoms with Crippen LogP contribution in [0.15, 0.2) is 24.4 Å². The van der Waals surface area contributed by atoms with E-state index in [2.05, 4.69) is 35.0 Å². The largest absolute Gasteiger partial charge is 0.344 e. The van der Waals surface area contributed by atoms with Gasteiger partial charge in [0.25, 0.3) is 0 Å². The van der Waals surface area contributed by atoms with Crippen LogP contribution in [0, 0.1) is 0 Å². The van der Waals surface area contributed by atoms with Crippen LogP contribution in [0.1, 0.15) is 5.69 Å². The van der Waals surface area contributed by atoms with Crippen LogP contribution in [0.25, 0.3) is 6.08 Å². The van der Waals surface area contributed by atoms with Gasteiger partial charge >= 0.3 is 0 Å². The van der Waals surface area contributed by atoms with Crippen molar-refractivity contribution in [2.24, 2.45) is 0 Å². The van der Waals surface area contributed by atoms with Crippen molar-refractivity contribution in [2.75, 3.05) is 0 Å². The van der Waals surface area contributed by atoms with E-state index in [4.69, 9.17) is 0 Å². The molecular weight excluding hydrogens is 98.1 g/mol. The fraction of sp³-hybridized carbons (Fsp3) is 0.143. The van der Waals surface area contributed by atoms with Crippen LogP contribution in [0.4, 0.5) is 0 Å². The summed E-state index contributed by atoms with van der Waals surface area (Å²) in [5.41, 5.74) is 1.32. The van der Waals surface area contributed by atoms with Crippen LogP contribution in [0.3, 0.4) is 0 Å². The summed E-state index contributed by atoms with van der Waals surface area (Å²) >= 11 is 0. The third kappa shape index (κ3) is 0.360. The minimum atomic E-state index is 1.06. The molecule has 0 aromatic carbocycles. The number of nitrogens with zero attached hydrogens (tertiary/aromatic N) is 1. The molecule has 1 aliphatic rings.